The highest BCUT2D eigenvalue weighted by Gasteiger charge is 2.17. The van der Waals surface area contributed by atoms with E-state index in [0.717, 1.165) is 24.6 Å². The van der Waals surface area contributed by atoms with Gasteiger partial charge in [0.15, 0.2) is 5.96 Å². The second-order valence-corrected chi connectivity index (χ2v) is 6.97. The summed E-state index contributed by atoms with van der Waals surface area (Å²) in [5.41, 5.74) is 1.83. The standard InChI is InChI=1S/C19H31N5O.HI/c1-20-19(22-13-16-6-5-11-24(4)14-16)21-12-15-7-9-17(10-8-15)18(25)23(2)3;/h7-10,16H,5-6,11-14H2,1-4H3,(H2,20,21,22);1H. The maximum atomic E-state index is 11.9. The van der Waals surface area contributed by atoms with Crippen molar-refractivity contribution in [1.29, 1.82) is 0 Å². The molecule has 6 nitrogen and oxygen atoms in total. The molecule has 1 saturated heterocycles. The second kappa shape index (κ2) is 11.4. The maximum absolute atomic E-state index is 11.9. The Morgan fingerprint density at radius 2 is 1.96 bits per heavy atom. The van der Waals surface area contributed by atoms with Crippen molar-refractivity contribution < 1.29 is 4.79 Å². The van der Waals surface area contributed by atoms with Gasteiger partial charge in [0, 0.05) is 46.3 Å². The smallest absolute Gasteiger partial charge is 0.253 e. The number of piperidine rings is 1. The van der Waals surface area contributed by atoms with E-state index in [1.54, 1.807) is 26.0 Å². The van der Waals surface area contributed by atoms with Gasteiger partial charge in [0.2, 0.25) is 0 Å². The predicted molar refractivity (Wildman–Crippen MR) is 118 cm³/mol. The summed E-state index contributed by atoms with van der Waals surface area (Å²) in [6, 6.07) is 7.70. The Kier molecular flexibility index (Phi) is 9.93. The van der Waals surface area contributed by atoms with E-state index < -0.39 is 0 Å². The van der Waals surface area contributed by atoms with Crippen LogP contribution in [0.3, 0.4) is 0 Å². The molecule has 1 aromatic carbocycles. The number of hydrogen-bond donors (Lipinski definition) is 2. The van der Waals surface area contributed by atoms with Crippen LogP contribution in [-0.4, -0.2) is 69.5 Å². The van der Waals surface area contributed by atoms with Crippen LogP contribution in [0, 0.1) is 5.92 Å². The monoisotopic (exact) mass is 473 g/mol. The van der Waals surface area contributed by atoms with Gasteiger partial charge in [-0.1, -0.05) is 12.1 Å². The van der Waals surface area contributed by atoms with Crippen LogP contribution in [0.4, 0.5) is 0 Å². The molecule has 1 aromatic rings. The van der Waals surface area contributed by atoms with Crippen molar-refractivity contribution in [3.63, 3.8) is 0 Å². The van der Waals surface area contributed by atoms with E-state index >= 15 is 0 Å². The van der Waals surface area contributed by atoms with Gasteiger partial charge in [-0.05, 0) is 50.0 Å². The van der Waals surface area contributed by atoms with Gasteiger partial charge in [-0.15, -0.1) is 24.0 Å². The Bertz CT molecular complexity index is 588. The van der Waals surface area contributed by atoms with E-state index in [1.165, 1.54) is 19.4 Å². The van der Waals surface area contributed by atoms with Crippen LogP contribution in [0.1, 0.15) is 28.8 Å². The van der Waals surface area contributed by atoms with Gasteiger partial charge < -0.3 is 20.4 Å². The lowest BCUT2D eigenvalue weighted by Gasteiger charge is -2.30. The van der Waals surface area contributed by atoms with Gasteiger partial charge in [-0.2, -0.15) is 0 Å². The lowest BCUT2D eigenvalue weighted by Crippen LogP contribution is -2.43. The first-order valence-corrected chi connectivity index (χ1v) is 8.93. The predicted octanol–water partition coefficient (Wildman–Crippen LogP) is 2.01. The van der Waals surface area contributed by atoms with Gasteiger partial charge in [0.05, 0.1) is 0 Å². The Hall–Kier alpha value is -1.35. The molecule has 1 atom stereocenters. The minimum Gasteiger partial charge on any atom is -0.356 e. The fraction of sp³-hybridized carbons (Fsp3) is 0.579. The largest absolute Gasteiger partial charge is 0.356 e. The zero-order valence-electron chi connectivity index (χ0n) is 16.3. The second-order valence-electron chi connectivity index (χ2n) is 6.97. The van der Waals surface area contributed by atoms with Crippen LogP contribution in [0.5, 0.6) is 0 Å². The molecule has 2 N–H and O–H groups in total. The number of likely N-dealkylation sites (tertiary alicyclic amines) is 1. The Morgan fingerprint density at radius 1 is 1.27 bits per heavy atom. The zero-order valence-corrected chi connectivity index (χ0v) is 18.6. The maximum Gasteiger partial charge on any atom is 0.253 e. The number of aliphatic imine (C=N–C) groups is 1. The highest BCUT2D eigenvalue weighted by molar-refractivity contribution is 14.0. The topological polar surface area (TPSA) is 60.0 Å². The number of amides is 1. The number of nitrogens with one attached hydrogen (secondary N) is 2. The van der Waals surface area contributed by atoms with Gasteiger partial charge >= 0.3 is 0 Å². The molecule has 0 radical (unpaired) electrons. The molecule has 146 valence electrons. The summed E-state index contributed by atoms with van der Waals surface area (Å²) >= 11 is 0. The average Bonchev–Trinajstić information content (AvgIpc) is 2.61. The minimum absolute atomic E-state index is 0. The molecule has 1 fully saturated rings. The van der Waals surface area contributed by atoms with Crippen molar-refractivity contribution >= 4 is 35.8 Å². The van der Waals surface area contributed by atoms with Gasteiger partial charge in [-0.25, -0.2) is 0 Å². The van der Waals surface area contributed by atoms with Crippen molar-refractivity contribution in [3.8, 4) is 0 Å². The molecule has 1 aliphatic rings. The summed E-state index contributed by atoms with van der Waals surface area (Å²) in [4.78, 5) is 20.2. The van der Waals surface area contributed by atoms with Crippen molar-refractivity contribution in [1.82, 2.24) is 20.4 Å². The SMILES string of the molecule is CN=C(NCc1ccc(C(=O)N(C)C)cc1)NCC1CCCN(C)C1.I. The van der Waals surface area contributed by atoms with E-state index in [1.807, 2.05) is 24.3 Å². The van der Waals surface area contributed by atoms with Crippen LogP contribution in [0.15, 0.2) is 29.3 Å². The molecule has 0 saturated carbocycles. The van der Waals surface area contributed by atoms with E-state index in [9.17, 15) is 4.79 Å². The Balaban J connectivity index is 0.00000338. The van der Waals surface area contributed by atoms with Crippen LogP contribution in [-0.2, 0) is 6.54 Å². The summed E-state index contributed by atoms with van der Waals surface area (Å²) in [5, 5.41) is 6.76. The first kappa shape index (κ1) is 22.7. The number of rotatable bonds is 5. The number of carbonyl (C=O) groups is 1. The molecule has 26 heavy (non-hydrogen) atoms. The number of nitrogens with zero attached hydrogens (tertiary/aromatic N) is 3. The van der Waals surface area contributed by atoms with Crippen molar-refractivity contribution in [2.45, 2.75) is 19.4 Å². The summed E-state index contributed by atoms with van der Waals surface area (Å²) in [5.74, 6) is 1.52. The van der Waals surface area contributed by atoms with E-state index in [0.29, 0.717) is 18.0 Å². The third-order valence-electron chi connectivity index (χ3n) is 4.57. The third kappa shape index (κ3) is 7.11. The number of guanidine groups is 1. The van der Waals surface area contributed by atoms with Crippen LogP contribution in [0.2, 0.25) is 0 Å². The number of halogens is 1. The average molecular weight is 473 g/mol. The summed E-state index contributed by atoms with van der Waals surface area (Å²) in [6.07, 6.45) is 2.54. The van der Waals surface area contributed by atoms with Gasteiger partial charge in [-0.3, -0.25) is 9.79 Å². The number of hydrogen-bond acceptors (Lipinski definition) is 3. The lowest BCUT2D eigenvalue weighted by atomic mass is 9.99. The molecule has 0 aromatic heterocycles. The molecule has 1 heterocycles. The molecular weight excluding hydrogens is 441 g/mol. The van der Waals surface area contributed by atoms with Gasteiger partial charge in [0.1, 0.15) is 0 Å². The van der Waals surface area contributed by atoms with Crippen molar-refractivity contribution in [2.24, 2.45) is 10.9 Å². The van der Waals surface area contributed by atoms with Gasteiger partial charge in [0.25, 0.3) is 5.91 Å². The quantitative estimate of drug-likeness (QED) is 0.391. The van der Waals surface area contributed by atoms with Crippen LogP contribution >= 0.6 is 24.0 Å². The van der Waals surface area contributed by atoms with Crippen LogP contribution < -0.4 is 10.6 Å². The molecule has 0 aliphatic carbocycles. The highest BCUT2D eigenvalue weighted by atomic mass is 127. The van der Waals surface area contributed by atoms with Crippen LogP contribution in [0.25, 0.3) is 0 Å². The minimum atomic E-state index is 0. The molecule has 2 rings (SSSR count). The first-order chi connectivity index (χ1) is 12.0. The molecule has 0 spiro atoms. The fourth-order valence-corrected chi connectivity index (χ4v) is 3.11. The first-order valence-electron chi connectivity index (χ1n) is 8.93. The van der Waals surface area contributed by atoms with E-state index in [4.69, 9.17) is 0 Å². The number of benzene rings is 1. The van der Waals surface area contributed by atoms with Crippen molar-refractivity contribution in [2.75, 3.05) is 47.8 Å². The summed E-state index contributed by atoms with van der Waals surface area (Å²) < 4.78 is 0. The fourth-order valence-electron chi connectivity index (χ4n) is 3.11. The molecule has 1 unspecified atom stereocenters. The molecule has 7 heteroatoms. The Labute approximate surface area is 174 Å². The summed E-state index contributed by atoms with van der Waals surface area (Å²) in [7, 11) is 7.50. The molecule has 0 bridgehead atoms. The van der Waals surface area contributed by atoms with Crippen molar-refractivity contribution in [3.05, 3.63) is 35.4 Å². The zero-order chi connectivity index (χ0) is 18.2. The Morgan fingerprint density at radius 3 is 2.54 bits per heavy atom. The summed E-state index contributed by atoms with van der Waals surface area (Å²) in [6.45, 7) is 3.97. The molecular formula is C19H32IN5O. The molecule has 1 amide bonds. The van der Waals surface area contributed by atoms with E-state index in [-0.39, 0.29) is 29.9 Å². The third-order valence-corrected chi connectivity index (χ3v) is 4.57. The lowest BCUT2D eigenvalue weighted by molar-refractivity contribution is 0.0827. The number of carbonyl (C=O) groups excluding carboxylic acids is 1. The van der Waals surface area contributed by atoms with E-state index in [2.05, 4.69) is 27.6 Å². The normalized spacial score (nSPS) is 18.0. The molecule has 1 aliphatic heterocycles. The highest BCUT2D eigenvalue weighted by Crippen LogP contribution is 2.13.